The molecule has 4 rings (SSSR count). The lowest BCUT2D eigenvalue weighted by molar-refractivity contribution is 0.100. The van der Waals surface area contributed by atoms with Crippen molar-refractivity contribution in [2.75, 3.05) is 0 Å². The third-order valence-corrected chi connectivity index (χ3v) is 5.69. The van der Waals surface area contributed by atoms with Crippen molar-refractivity contribution >= 4 is 27.7 Å². The number of rotatable bonds is 4. The van der Waals surface area contributed by atoms with Gasteiger partial charge in [0, 0.05) is 28.4 Å². The van der Waals surface area contributed by atoms with E-state index in [1.165, 1.54) is 43.2 Å². The van der Waals surface area contributed by atoms with E-state index >= 15 is 0 Å². The molecule has 1 saturated carbocycles. The molecule has 129 valence electrons. The molecule has 1 amide bonds. The second-order valence-corrected chi connectivity index (χ2v) is 7.30. The van der Waals surface area contributed by atoms with Gasteiger partial charge in [-0.05, 0) is 55.0 Å². The van der Waals surface area contributed by atoms with E-state index in [9.17, 15) is 4.79 Å². The van der Waals surface area contributed by atoms with E-state index in [4.69, 9.17) is 5.73 Å². The number of aromatic nitrogens is 1. The standard InChI is InChI=1S/C22H25N2O/c1-2-15-11-12-17-20(13-15)24(14-16-7-4-3-5-8-16)19-10-6-9-18(21(17)19)22(23)25/h6,9-11,13,16H,2-5,7-8,14H2,1H3,(H2,23,25). The van der Waals surface area contributed by atoms with Crippen molar-refractivity contribution in [3.63, 3.8) is 0 Å². The summed E-state index contributed by atoms with van der Waals surface area (Å²) in [7, 11) is 0. The van der Waals surface area contributed by atoms with Crippen molar-refractivity contribution in [2.24, 2.45) is 11.7 Å². The van der Waals surface area contributed by atoms with Crippen LogP contribution in [0.1, 0.15) is 54.9 Å². The van der Waals surface area contributed by atoms with Gasteiger partial charge in [0.05, 0.1) is 5.52 Å². The van der Waals surface area contributed by atoms with Crippen molar-refractivity contribution in [1.82, 2.24) is 4.57 Å². The number of hydrogen-bond acceptors (Lipinski definition) is 1. The van der Waals surface area contributed by atoms with E-state index in [-0.39, 0.29) is 5.91 Å². The summed E-state index contributed by atoms with van der Waals surface area (Å²) in [5, 5.41) is 1.99. The molecule has 0 atom stereocenters. The van der Waals surface area contributed by atoms with Crippen molar-refractivity contribution in [2.45, 2.75) is 52.0 Å². The van der Waals surface area contributed by atoms with E-state index in [1.807, 2.05) is 18.2 Å². The van der Waals surface area contributed by atoms with Crippen molar-refractivity contribution < 1.29 is 4.79 Å². The number of carbonyl (C=O) groups excluding carboxylic acids is 1. The number of nitrogens with two attached hydrogens (primary N) is 1. The fourth-order valence-electron chi connectivity index (χ4n) is 4.33. The average molecular weight is 333 g/mol. The van der Waals surface area contributed by atoms with Crippen LogP contribution in [0.25, 0.3) is 21.8 Å². The lowest BCUT2D eigenvalue weighted by Gasteiger charge is -2.23. The molecular formula is C22H25N2O. The van der Waals surface area contributed by atoms with Crippen molar-refractivity contribution in [1.29, 1.82) is 0 Å². The molecule has 0 spiro atoms. The highest BCUT2D eigenvalue weighted by atomic mass is 16.1. The fraction of sp³-hybridized carbons (Fsp3) is 0.409. The highest BCUT2D eigenvalue weighted by Gasteiger charge is 2.20. The Bertz CT molecular complexity index is 932. The molecule has 1 aromatic heterocycles. The number of carbonyl (C=O) groups is 1. The van der Waals surface area contributed by atoms with Gasteiger partial charge in [-0.1, -0.05) is 38.3 Å². The maximum Gasteiger partial charge on any atom is 0.249 e. The lowest BCUT2D eigenvalue weighted by atomic mass is 9.89. The monoisotopic (exact) mass is 333 g/mol. The number of nitrogens with zero attached hydrogens (tertiary/aromatic N) is 1. The molecule has 1 heterocycles. The summed E-state index contributed by atoms with van der Waals surface area (Å²) in [6.07, 6.45) is 7.62. The van der Waals surface area contributed by atoms with Gasteiger partial charge in [-0.15, -0.1) is 0 Å². The Labute approximate surface area is 148 Å². The van der Waals surface area contributed by atoms with Crippen LogP contribution >= 0.6 is 0 Å². The zero-order chi connectivity index (χ0) is 17.4. The topological polar surface area (TPSA) is 48.0 Å². The number of benzene rings is 2. The summed E-state index contributed by atoms with van der Waals surface area (Å²) in [6.45, 7) is 3.18. The van der Waals surface area contributed by atoms with Gasteiger partial charge < -0.3 is 10.3 Å². The first-order valence-electron chi connectivity index (χ1n) is 9.44. The second-order valence-electron chi connectivity index (χ2n) is 7.30. The smallest absolute Gasteiger partial charge is 0.249 e. The normalized spacial score (nSPS) is 15.9. The SMILES string of the molecule is CCc1c[c]c2c3c(C(N)=O)cccc3n(CC3CCCCC3)c2c1. The summed E-state index contributed by atoms with van der Waals surface area (Å²) < 4.78 is 2.41. The Morgan fingerprint density at radius 2 is 2.04 bits per heavy atom. The Balaban J connectivity index is 1.96. The van der Waals surface area contributed by atoms with Crippen molar-refractivity contribution in [3.05, 3.63) is 47.5 Å². The Kier molecular flexibility index (Phi) is 4.24. The molecule has 1 aliphatic carbocycles. The second kappa shape index (κ2) is 6.55. The van der Waals surface area contributed by atoms with Crippen LogP contribution in [-0.4, -0.2) is 10.5 Å². The molecule has 1 aliphatic rings. The van der Waals surface area contributed by atoms with E-state index < -0.39 is 0 Å². The summed E-state index contributed by atoms with van der Waals surface area (Å²) in [4.78, 5) is 12.0. The zero-order valence-electron chi connectivity index (χ0n) is 14.8. The Morgan fingerprint density at radius 1 is 1.24 bits per heavy atom. The molecule has 1 radical (unpaired) electrons. The molecular weight excluding hydrogens is 308 g/mol. The average Bonchev–Trinajstić information content (AvgIpc) is 2.95. The number of fused-ring (bicyclic) bond motifs is 3. The van der Waals surface area contributed by atoms with Crippen LogP contribution in [0.2, 0.25) is 0 Å². The lowest BCUT2D eigenvalue weighted by Crippen LogP contribution is -2.14. The third-order valence-electron chi connectivity index (χ3n) is 5.69. The van der Waals surface area contributed by atoms with Crippen LogP contribution in [0.15, 0.2) is 30.3 Å². The minimum atomic E-state index is -0.365. The van der Waals surface area contributed by atoms with Gasteiger partial charge in [0.25, 0.3) is 0 Å². The van der Waals surface area contributed by atoms with E-state index in [0.29, 0.717) is 5.56 Å². The highest BCUT2D eigenvalue weighted by molar-refractivity contribution is 6.17. The van der Waals surface area contributed by atoms with Crippen LogP contribution in [0.5, 0.6) is 0 Å². The molecule has 2 aromatic carbocycles. The number of primary amides is 1. The molecule has 3 nitrogen and oxygen atoms in total. The van der Waals surface area contributed by atoms with Crippen LogP contribution in [0.4, 0.5) is 0 Å². The molecule has 2 N–H and O–H groups in total. The predicted molar refractivity (Wildman–Crippen MR) is 103 cm³/mol. The summed E-state index contributed by atoms with van der Waals surface area (Å²) >= 11 is 0. The van der Waals surface area contributed by atoms with Gasteiger partial charge in [0.15, 0.2) is 0 Å². The van der Waals surface area contributed by atoms with Crippen LogP contribution < -0.4 is 5.73 Å². The molecule has 0 unspecified atom stereocenters. The van der Waals surface area contributed by atoms with E-state index in [1.54, 1.807) is 0 Å². The van der Waals surface area contributed by atoms with Crippen molar-refractivity contribution in [3.8, 4) is 0 Å². The highest BCUT2D eigenvalue weighted by Crippen LogP contribution is 2.34. The molecule has 0 bridgehead atoms. The third kappa shape index (κ3) is 2.82. The first-order valence-corrected chi connectivity index (χ1v) is 9.44. The van der Waals surface area contributed by atoms with Gasteiger partial charge in [-0.3, -0.25) is 4.79 Å². The first-order chi connectivity index (χ1) is 12.2. The van der Waals surface area contributed by atoms with Crippen LogP contribution in [-0.2, 0) is 13.0 Å². The van der Waals surface area contributed by atoms with Gasteiger partial charge in [-0.25, -0.2) is 0 Å². The zero-order valence-corrected chi connectivity index (χ0v) is 14.8. The minimum absolute atomic E-state index is 0.365. The Hall–Kier alpha value is -2.29. The molecule has 0 aliphatic heterocycles. The summed E-state index contributed by atoms with van der Waals surface area (Å²) in [6, 6.07) is 13.6. The molecule has 25 heavy (non-hydrogen) atoms. The Morgan fingerprint density at radius 3 is 2.76 bits per heavy atom. The van der Waals surface area contributed by atoms with Crippen LogP contribution in [0.3, 0.4) is 0 Å². The maximum atomic E-state index is 12.0. The van der Waals surface area contributed by atoms with Gasteiger partial charge in [-0.2, -0.15) is 0 Å². The predicted octanol–water partition coefficient (Wildman–Crippen LogP) is 4.84. The molecule has 3 aromatic rings. The van der Waals surface area contributed by atoms with E-state index in [2.05, 4.69) is 29.7 Å². The molecule has 0 saturated heterocycles. The van der Waals surface area contributed by atoms with Gasteiger partial charge >= 0.3 is 0 Å². The van der Waals surface area contributed by atoms with Gasteiger partial charge in [0.1, 0.15) is 0 Å². The summed E-state index contributed by atoms with van der Waals surface area (Å²) in [5.74, 6) is 0.352. The van der Waals surface area contributed by atoms with Gasteiger partial charge in [0.2, 0.25) is 5.91 Å². The quantitative estimate of drug-likeness (QED) is 0.730. The summed E-state index contributed by atoms with van der Waals surface area (Å²) in [5.41, 5.74) is 9.84. The maximum absolute atomic E-state index is 12.0. The fourth-order valence-corrected chi connectivity index (χ4v) is 4.33. The molecule has 1 fully saturated rings. The largest absolute Gasteiger partial charge is 0.366 e. The van der Waals surface area contributed by atoms with Crippen LogP contribution in [0, 0.1) is 12.0 Å². The van der Waals surface area contributed by atoms with E-state index in [0.717, 1.165) is 35.2 Å². The number of amides is 1. The number of aryl methyl sites for hydroxylation is 1. The minimum Gasteiger partial charge on any atom is -0.366 e. The first kappa shape index (κ1) is 16.2. The number of hydrogen-bond donors (Lipinski definition) is 1. The molecule has 3 heteroatoms.